The molecule has 9 heteroatoms. The average Bonchev–Trinajstić information content (AvgIpc) is 2.99. The van der Waals surface area contributed by atoms with Gasteiger partial charge in [0, 0.05) is 37.3 Å². The molecule has 1 unspecified atom stereocenters. The second-order valence-electron chi connectivity index (χ2n) is 5.37. The van der Waals surface area contributed by atoms with Gasteiger partial charge in [0.25, 0.3) is 0 Å². The quantitative estimate of drug-likeness (QED) is 0.361. The molecule has 1 saturated heterocycles. The minimum absolute atomic E-state index is 0.0260. The summed E-state index contributed by atoms with van der Waals surface area (Å²) in [7, 11) is 1.76. The Hall–Kier alpha value is -0.930. The highest BCUT2D eigenvalue weighted by atomic mass is 35.5. The van der Waals surface area contributed by atoms with Gasteiger partial charge in [-0.05, 0) is 17.7 Å². The largest absolute Gasteiger partial charge is 0.379 e. The van der Waals surface area contributed by atoms with Gasteiger partial charge in [0.2, 0.25) is 5.96 Å². The number of guanidine groups is 1. The van der Waals surface area contributed by atoms with E-state index in [2.05, 4.69) is 31.7 Å². The van der Waals surface area contributed by atoms with Crippen LogP contribution in [0, 0.1) is 0 Å². The van der Waals surface area contributed by atoms with Crippen molar-refractivity contribution in [1.82, 2.24) is 14.0 Å². The number of hydrogen-bond acceptors (Lipinski definition) is 6. The third-order valence-corrected chi connectivity index (χ3v) is 5.28. The van der Waals surface area contributed by atoms with E-state index in [-0.39, 0.29) is 5.25 Å². The molecule has 1 N–H and O–H groups in total. The van der Waals surface area contributed by atoms with Crippen molar-refractivity contribution in [3.05, 3.63) is 34.9 Å². The van der Waals surface area contributed by atoms with Gasteiger partial charge in [-0.25, -0.2) is 9.31 Å². The van der Waals surface area contributed by atoms with E-state index in [9.17, 15) is 0 Å². The molecule has 24 heavy (non-hydrogen) atoms. The zero-order chi connectivity index (χ0) is 16.9. The summed E-state index contributed by atoms with van der Waals surface area (Å²) in [5.41, 5.74) is 1.95. The molecular formula is C15H20ClN5OS2. The molecule has 0 spiro atoms. The Morgan fingerprint density at radius 3 is 2.75 bits per heavy atom. The molecule has 1 aromatic carbocycles. The van der Waals surface area contributed by atoms with Crippen LogP contribution in [0.5, 0.6) is 0 Å². The minimum atomic E-state index is 0.0260. The SMILES string of the molecule is CN=C(NSN1CCOCC1)N1CC(S)C(c2ccc(Cl)cc2)=N1. The van der Waals surface area contributed by atoms with E-state index in [1.165, 1.54) is 12.1 Å². The molecule has 2 aliphatic heterocycles. The monoisotopic (exact) mass is 385 g/mol. The molecular weight excluding hydrogens is 366 g/mol. The highest BCUT2D eigenvalue weighted by molar-refractivity contribution is 7.95. The molecule has 6 nitrogen and oxygen atoms in total. The van der Waals surface area contributed by atoms with Crippen LogP contribution in [0.2, 0.25) is 5.02 Å². The topological polar surface area (TPSA) is 52.5 Å². The van der Waals surface area contributed by atoms with Gasteiger partial charge in [-0.3, -0.25) is 9.71 Å². The number of hydrazone groups is 1. The first-order valence-corrected chi connectivity index (χ1v) is 9.36. The van der Waals surface area contributed by atoms with Crippen molar-refractivity contribution >= 4 is 48.0 Å². The van der Waals surface area contributed by atoms with Crippen LogP contribution < -0.4 is 4.72 Å². The molecule has 3 rings (SSSR count). The summed E-state index contributed by atoms with van der Waals surface area (Å²) < 4.78 is 10.9. The average molecular weight is 386 g/mol. The molecule has 2 heterocycles. The van der Waals surface area contributed by atoms with Crippen molar-refractivity contribution < 1.29 is 4.74 Å². The Bertz CT molecular complexity index is 619. The first-order chi connectivity index (χ1) is 11.7. The maximum atomic E-state index is 5.96. The number of thiol groups is 1. The lowest BCUT2D eigenvalue weighted by Gasteiger charge is -2.26. The summed E-state index contributed by atoms with van der Waals surface area (Å²) in [6.45, 7) is 3.97. The standard InChI is InChI=1S/C15H20ClN5OS2/c1-17-15(19-24-20-6-8-22-9-7-20)21-10-13(23)14(18-21)11-2-4-12(16)5-3-11/h2-5,13,23H,6-10H2,1H3,(H,17,19). The van der Waals surface area contributed by atoms with Gasteiger partial charge in [0.1, 0.15) is 0 Å². The van der Waals surface area contributed by atoms with E-state index in [1.807, 2.05) is 29.3 Å². The molecule has 0 saturated carbocycles. The van der Waals surface area contributed by atoms with Crippen LogP contribution in [0.3, 0.4) is 0 Å². The van der Waals surface area contributed by atoms with Crippen LogP contribution in [0.4, 0.5) is 0 Å². The number of nitrogens with one attached hydrogen (secondary N) is 1. The molecule has 0 aromatic heterocycles. The van der Waals surface area contributed by atoms with Gasteiger partial charge in [0.15, 0.2) is 0 Å². The van der Waals surface area contributed by atoms with Crippen LogP contribution in [0.25, 0.3) is 0 Å². The van der Waals surface area contributed by atoms with Crippen molar-refractivity contribution in [2.45, 2.75) is 5.25 Å². The third kappa shape index (κ3) is 4.37. The Morgan fingerprint density at radius 1 is 1.38 bits per heavy atom. The molecule has 0 aliphatic carbocycles. The van der Waals surface area contributed by atoms with Crippen molar-refractivity contribution in [2.75, 3.05) is 39.9 Å². The van der Waals surface area contributed by atoms with Gasteiger partial charge in [-0.1, -0.05) is 23.7 Å². The van der Waals surface area contributed by atoms with Gasteiger partial charge in [-0.2, -0.15) is 17.7 Å². The van der Waals surface area contributed by atoms with E-state index in [1.54, 1.807) is 7.05 Å². The summed E-state index contributed by atoms with van der Waals surface area (Å²) in [6.07, 6.45) is 0. The maximum absolute atomic E-state index is 5.96. The summed E-state index contributed by atoms with van der Waals surface area (Å²) in [5, 5.41) is 7.28. The van der Waals surface area contributed by atoms with Crippen LogP contribution in [-0.2, 0) is 4.74 Å². The lowest BCUT2D eigenvalue weighted by Crippen LogP contribution is -2.39. The number of aliphatic imine (C=N–C) groups is 1. The highest BCUT2D eigenvalue weighted by Crippen LogP contribution is 2.21. The predicted octanol–water partition coefficient (Wildman–Crippen LogP) is 2.13. The third-order valence-electron chi connectivity index (χ3n) is 3.72. The van der Waals surface area contributed by atoms with Crippen molar-refractivity contribution in [3.63, 3.8) is 0 Å². The predicted molar refractivity (Wildman–Crippen MR) is 104 cm³/mol. The molecule has 1 fully saturated rings. The van der Waals surface area contributed by atoms with Crippen LogP contribution in [0.1, 0.15) is 5.56 Å². The first kappa shape index (κ1) is 17.9. The second kappa shape index (κ2) is 8.44. The summed E-state index contributed by atoms with van der Waals surface area (Å²) in [4.78, 5) is 4.32. The normalized spacial score (nSPS) is 22.6. The first-order valence-electron chi connectivity index (χ1n) is 7.70. The van der Waals surface area contributed by atoms with E-state index in [0.29, 0.717) is 11.6 Å². The fourth-order valence-electron chi connectivity index (χ4n) is 2.45. The van der Waals surface area contributed by atoms with Crippen LogP contribution in [0.15, 0.2) is 34.4 Å². The highest BCUT2D eigenvalue weighted by Gasteiger charge is 2.28. The maximum Gasteiger partial charge on any atom is 0.225 e. The Labute approximate surface area is 157 Å². The zero-order valence-corrected chi connectivity index (χ0v) is 15.8. The number of rotatable bonds is 3. The van der Waals surface area contributed by atoms with Crippen LogP contribution >= 0.6 is 36.4 Å². The van der Waals surface area contributed by atoms with Crippen molar-refractivity contribution in [2.24, 2.45) is 10.1 Å². The summed E-state index contributed by atoms with van der Waals surface area (Å²) in [5.74, 6) is 0.717. The Kier molecular flexibility index (Phi) is 6.29. The molecule has 130 valence electrons. The van der Waals surface area contributed by atoms with E-state index in [4.69, 9.17) is 16.3 Å². The smallest absolute Gasteiger partial charge is 0.225 e. The van der Waals surface area contributed by atoms with Crippen LogP contribution in [-0.4, -0.2) is 66.1 Å². The molecule has 2 aliphatic rings. The van der Waals surface area contributed by atoms with E-state index < -0.39 is 0 Å². The summed E-state index contributed by atoms with van der Waals surface area (Å²) >= 11 is 12.2. The van der Waals surface area contributed by atoms with E-state index in [0.717, 1.165) is 43.5 Å². The number of hydrogen-bond donors (Lipinski definition) is 2. The number of benzene rings is 1. The van der Waals surface area contributed by atoms with Gasteiger partial charge in [0.05, 0.1) is 30.7 Å². The van der Waals surface area contributed by atoms with Gasteiger partial charge < -0.3 is 4.74 Å². The minimum Gasteiger partial charge on any atom is -0.379 e. The fraction of sp³-hybridized carbons (Fsp3) is 0.467. The zero-order valence-electron chi connectivity index (χ0n) is 13.4. The lowest BCUT2D eigenvalue weighted by atomic mass is 10.1. The molecule has 0 amide bonds. The Morgan fingerprint density at radius 2 is 2.08 bits per heavy atom. The van der Waals surface area contributed by atoms with Crippen molar-refractivity contribution in [1.29, 1.82) is 0 Å². The number of ether oxygens (including phenoxy) is 1. The molecule has 0 radical (unpaired) electrons. The van der Waals surface area contributed by atoms with Gasteiger partial charge in [-0.15, -0.1) is 0 Å². The Balaban J connectivity index is 1.65. The number of morpholine rings is 1. The van der Waals surface area contributed by atoms with E-state index >= 15 is 0 Å². The number of halogens is 1. The van der Waals surface area contributed by atoms with Gasteiger partial charge >= 0.3 is 0 Å². The lowest BCUT2D eigenvalue weighted by molar-refractivity contribution is 0.0771. The number of nitrogens with zero attached hydrogens (tertiary/aromatic N) is 4. The molecule has 1 aromatic rings. The fourth-order valence-corrected chi connectivity index (χ4v) is 3.67. The summed E-state index contributed by atoms with van der Waals surface area (Å²) in [6, 6.07) is 7.66. The molecule has 0 bridgehead atoms. The second-order valence-corrected chi connectivity index (χ2v) is 7.33. The molecule has 1 atom stereocenters. The van der Waals surface area contributed by atoms with Crippen molar-refractivity contribution in [3.8, 4) is 0 Å².